The predicted octanol–water partition coefficient (Wildman–Crippen LogP) is 1.73. The molecule has 0 bridgehead atoms. The summed E-state index contributed by atoms with van der Waals surface area (Å²) in [6, 6.07) is 0. The molecule has 1 aliphatic rings. The highest BCUT2D eigenvalue weighted by Crippen LogP contribution is 2.40. The second kappa shape index (κ2) is 3.66. The number of rotatable bonds is 3. The molecule has 1 rings (SSSR count). The fourth-order valence-corrected chi connectivity index (χ4v) is 1.63. The van der Waals surface area contributed by atoms with Crippen molar-refractivity contribution in [2.24, 2.45) is 5.92 Å². The average Bonchev–Trinajstić information content (AvgIpc) is 1.99. The number of carboxylic acids is 1. The van der Waals surface area contributed by atoms with E-state index in [2.05, 4.69) is 0 Å². The van der Waals surface area contributed by atoms with Crippen LogP contribution in [0.2, 0.25) is 0 Å². The molecule has 0 aromatic rings. The van der Waals surface area contributed by atoms with Crippen LogP contribution in [0.25, 0.3) is 0 Å². The van der Waals surface area contributed by atoms with Crippen molar-refractivity contribution in [1.82, 2.24) is 4.90 Å². The van der Waals surface area contributed by atoms with Crippen LogP contribution in [0.4, 0.5) is 13.2 Å². The molecule has 0 saturated carbocycles. The molecule has 0 aliphatic carbocycles. The fraction of sp³-hybridized carbons (Fsp3) is 0.889. The lowest BCUT2D eigenvalue weighted by Gasteiger charge is -2.48. The Morgan fingerprint density at radius 1 is 1.47 bits per heavy atom. The van der Waals surface area contributed by atoms with Gasteiger partial charge in [0.05, 0.1) is 0 Å². The SMILES string of the molecule is CCC1CN(C(C)(C(=O)O)C(F)(F)F)C1. The Hall–Kier alpha value is -0.780. The van der Waals surface area contributed by atoms with Crippen molar-refractivity contribution >= 4 is 5.97 Å². The number of aliphatic carboxylic acids is 1. The highest BCUT2D eigenvalue weighted by atomic mass is 19.4. The van der Waals surface area contributed by atoms with Crippen molar-refractivity contribution in [3.05, 3.63) is 0 Å². The first kappa shape index (κ1) is 12.3. The summed E-state index contributed by atoms with van der Waals surface area (Å²) in [6.45, 7) is 3.02. The lowest BCUT2D eigenvalue weighted by Crippen LogP contribution is -2.68. The third-order valence-corrected chi connectivity index (χ3v) is 3.14. The van der Waals surface area contributed by atoms with Crippen molar-refractivity contribution in [1.29, 1.82) is 0 Å². The van der Waals surface area contributed by atoms with Crippen LogP contribution >= 0.6 is 0 Å². The van der Waals surface area contributed by atoms with Gasteiger partial charge < -0.3 is 5.11 Å². The Morgan fingerprint density at radius 3 is 2.20 bits per heavy atom. The van der Waals surface area contributed by atoms with E-state index in [1.54, 1.807) is 0 Å². The number of carboxylic acid groups (broad SMARTS) is 1. The maximum absolute atomic E-state index is 12.6. The van der Waals surface area contributed by atoms with Gasteiger partial charge in [-0.1, -0.05) is 13.3 Å². The Labute approximate surface area is 85.9 Å². The van der Waals surface area contributed by atoms with E-state index in [0.29, 0.717) is 0 Å². The first-order valence-electron chi connectivity index (χ1n) is 4.78. The normalized spacial score (nSPS) is 23.3. The van der Waals surface area contributed by atoms with Gasteiger partial charge in [0.25, 0.3) is 0 Å². The van der Waals surface area contributed by atoms with Gasteiger partial charge in [-0.25, -0.2) is 4.79 Å². The Morgan fingerprint density at radius 2 is 1.93 bits per heavy atom. The topological polar surface area (TPSA) is 40.5 Å². The summed E-state index contributed by atoms with van der Waals surface area (Å²) in [4.78, 5) is 11.7. The van der Waals surface area contributed by atoms with E-state index in [9.17, 15) is 18.0 Å². The van der Waals surface area contributed by atoms with E-state index in [4.69, 9.17) is 5.11 Å². The molecule has 0 radical (unpaired) electrons. The standard InChI is InChI=1S/C9H14F3NO2/c1-3-6-4-13(5-6)8(2,7(14)15)9(10,11)12/h6H,3-5H2,1-2H3,(H,14,15). The molecule has 0 aromatic heterocycles. The second-order valence-electron chi connectivity index (χ2n) is 4.05. The average molecular weight is 225 g/mol. The first-order valence-corrected chi connectivity index (χ1v) is 4.78. The largest absolute Gasteiger partial charge is 0.480 e. The van der Waals surface area contributed by atoms with Gasteiger partial charge in [0.15, 0.2) is 0 Å². The van der Waals surface area contributed by atoms with Crippen LogP contribution in [0, 0.1) is 5.92 Å². The molecule has 6 heteroatoms. The van der Waals surface area contributed by atoms with Crippen molar-refractivity contribution < 1.29 is 23.1 Å². The molecule has 3 nitrogen and oxygen atoms in total. The number of halogens is 3. The van der Waals surface area contributed by atoms with Gasteiger partial charge in [-0.05, 0) is 12.8 Å². The summed E-state index contributed by atoms with van der Waals surface area (Å²) in [5.41, 5.74) is -2.74. The molecule has 1 unspecified atom stereocenters. The van der Waals surface area contributed by atoms with Gasteiger partial charge in [-0.15, -0.1) is 0 Å². The minimum atomic E-state index is -4.74. The zero-order valence-electron chi connectivity index (χ0n) is 8.64. The lowest BCUT2D eigenvalue weighted by atomic mass is 9.88. The van der Waals surface area contributed by atoms with Crippen LogP contribution in [0.1, 0.15) is 20.3 Å². The molecule has 0 aromatic carbocycles. The van der Waals surface area contributed by atoms with Crippen molar-refractivity contribution in [3.8, 4) is 0 Å². The quantitative estimate of drug-likeness (QED) is 0.795. The smallest absolute Gasteiger partial charge is 0.417 e. The van der Waals surface area contributed by atoms with Crippen LogP contribution in [0.15, 0.2) is 0 Å². The van der Waals surface area contributed by atoms with Crippen LogP contribution < -0.4 is 0 Å². The maximum atomic E-state index is 12.6. The minimum Gasteiger partial charge on any atom is -0.480 e. The molecule has 15 heavy (non-hydrogen) atoms. The van der Waals surface area contributed by atoms with Gasteiger partial charge in [0.2, 0.25) is 5.54 Å². The highest BCUT2D eigenvalue weighted by molar-refractivity contribution is 5.79. The third kappa shape index (κ3) is 1.82. The summed E-state index contributed by atoms with van der Waals surface area (Å²) >= 11 is 0. The molecule has 1 atom stereocenters. The number of nitrogens with zero attached hydrogens (tertiary/aromatic N) is 1. The van der Waals surface area contributed by atoms with Crippen molar-refractivity contribution in [2.45, 2.75) is 32.0 Å². The highest BCUT2D eigenvalue weighted by Gasteiger charge is 2.63. The Balaban J connectivity index is 2.81. The second-order valence-corrected chi connectivity index (χ2v) is 4.05. The van der Waals surface area contributed by atoms with Crippen molar-refractivity contribution in [3.63, 3.8) is 0 Å². The molecule has 1 saturated heterocycles. The Bertz CT molecular complexity index is 261. The van der Waals surface area contributed by atoms with Crippen LogP contribution in [-0.2, 0) is 4.79 Å². The maximum Gasteiger partial charge on any atom is 0.417 e. The van der Waals surface area contributed by atoms with E-state index < -0.39 is 17.7 Å². The van der Waals surface area contributed by atoms with Crippen LogP contribution in [0.3, 0.4) is 0 Å². The predicted molar refractivity (Wildman–Crippen MR) is 47.4 cm³/mol. The lowest BCUT2D eigenvalue weighted by molar-refractivity contribution is -0.246. The summed E-state index contributed by atoms with van der Waals surface area (Å²) < 4.78 is 37.9. The number of likely N-dealkylation sites (tertiary alicyclic amines) is 1. The van der Waals surface area contributed by atoms with Gasteiger partial charge in [-0.3, -0.25) is 4.90 Å². The molecule has 1 N–H and O–H groups in total. The van der Waals surface area contributed by atoms with E-state index in [1.165, 1.54) is 0 Å². The number of hydrogen-bond acceptors (Lipinski definition) is 2. The molecule has 0 spiro atoms. The number of carbonyl (C=O) groups is 1. The van der Waals surface area contributed by atoms with Gasteiger partial charge in [0, 0.05) is 13.1 Å². The first-order chi connectivity index (χ1) is 6.73. The molecule has 1 aliphatic heterocycles. The molecular formula is C9H14F3NO2. The van der Waals surface area contributed by atoms with E-state index >= 15 is 0 Å². The van der Waals surface area contributed by atoms with Gasteiger partial charge in [-0.2, -0.15) is 13.2 Å². The summed E-state index contributed by atoms with van der Waals surface area (Å²) in [7, 11) is 0. The fourth-order valence-electron chi connectivity index (χ4n) is 1.63. The summed E-state index contributed by atoms with van der Waals surface area (Å²) in [5.74, 6) is -1.64. The monoisotopic (exact) mass is 225 g/mol. The molecular weight excluding hydrogens is 211 g/mol. The number of alkyl halides is 3. The zero-order valence-corrected chi connectivity index (χ0v) is 8.64. The summed E-state index contributed by atoms with van der Waals surface area (Å²) in [5, 5.41) is 8.70. The Kier molecular flexibility index (Phi) is 3.00. The number of hydrogen-bond donors (Lipinski definition) is 1. The molecule has 1 heterocycles. The van der Waals surface area contributed by atoms with Crippen LogP contribution in [0.5, 0.6) is 0 Å². The van der Waals surface area contributed by atoms with Crippen LogP contribution in [-0.4, -0.2) is 40.8 Å². The molecule has 1 fully saturated rings. The van der Waals surface area contributed by atoms with Gasteiger partial charge in [0.1, 0.15) is 0 Å². The third-order valence-electron chi connectivity index (χ3n) is 3.14. The van der Waals surface area contributed by atoms with Crippen molar-refractivity contribution in [2.75, 3.05) is 13.1 Å². The van der Waals surface area contributed by atoms with E-state index in [1.807, 2.05) is 6.92 Å². The van der Waals surface area contributed by atoms with E-state index in [-0.39, 0.29) is 19.0 Å². The zero-order chi connectivity index (χ0) is 11.9. The molecule has 0 amide bonds. The minimum absolute atomic E-state index is 0.186. The summed E-state index contributed by atoms with van der Waals surface area (Å²) in [6.07, 6.45) is -3.96. The van der Waals surface area contributed by atoms with E-state index in [0.717, 1.165) is 18.2 Å². The molecule has 88 valence electrons. The van der Waals surface area contributed by atoms with Gasteiger partial charge >= 0.3 is 12.1 Å².